The number of ether oxygens (including phenoxy) is 4. The third kappa shape index (κ3) is 20.6. The van der Waals surface area contributed by atoms with Gasteiger partial charge in [0, 0.05) is 5.92 Å². The third-order valence-corrected chi connectivity index (χ3v) is 8.20. The SMILES string of the molecule is CCOC(=O)C(C(=O)OCC)C(CC/C(C)=C/CC/C(C)=C/CC/C=C(\C)CC/C=C(\C)CCC=C(C)C)C(C(=O)OCC)C(=O)OCC. The van der Waals surface area contributed by atoms with E-state index in [1.807, 2.05) is 6.92 Å². The first-order valence-corrected chi connectivity index (χ1v) is 18.2. The number of hydrogen-bond donors (Lipinski definition) is 0. The van der Waals surface area contributed by atoms with E-state index in [1.54, 1.807) is 27.7 Å². The van der Waals surface area contributed by atoms with Gasteiger partial charge in [-0.25, -0.2) is 0 Å². The molecule has 0 bridgehead atoms. The standard InChI is InChI=1S/C41H66O8/c1-11-46-38(42)36(39(43)47-12-2)35(37(40(44)48-13-3)41(45)49-14-4)29-28-34(10)27-19-25-32(8)22-16-15-21-31(7)24-18-26-33(9)23-17-20-30(5)6/h20-22,26-27,35-37H,11-19,23-25,28-29H2,1-10H3/b31-21+,32-22+,33-26+,34-27+. The van der Waals surface area contributed by atoms with Crippen molar-refractivity contribution in [3.8, 4) is 0 Å². The number of carbonyl (C=O) groups is 4. The molecule has 0 aliphatic heterocycles. The molecule has 0 amide bonds. The van der Waals surface area contributed by atoms with Crippen LogP contribution in [-0.2, 0) is 38.1 Å². The van der Waals surface area contributed by atoms with Gasteiger partial charge >= 0.3 is 23.9 Å². The van der Waals surface area contributed by atoms with Crippen molar-refractivity contribution in [2.45, 2.75) is 133 Å². The Kier molecular flexibility index (Phi) is 25.5. The predicted molar refractivity (Wildman–Crippen MR) is 198 cm³/mol. The van der Waals surface area contributed by atoms with Crippen LogP contribution in [0.1, 0.15) is 133 Å². The van der Waals surface area contributed by atoms with Crippen LogP contribution in [0.15, 0.2) is 58.2 Å². The van der Waals surface area contributed by atoms with Crippen LogP contribution in [0.5, 0.6) is 0 Å². The van der Waals surface area contributed by atoms with Crippen molar-refractivity contribution in [2.24, 2.45) is 17.8 Å². The van der Waals surface area contributed by atoms with E-state index in [2.05, 4.69) is 65.0 Å². The Morgan fingerprint density at radius 1 is 0.429 bits per heavy atom. The Labute approximate surface area is 297 Å². The quantitative estimate of drug-likeness (QED) is 0.0307. The largest absolute Gasteiger partial charge is 0.465 e. The van der Waals surface area contributed by atoms with E-state index >= 15 is 0 Å². The second-order valence-electron chi connectivity index (χ2n) is 12.8. The van der Waals surface area contributed by atoms with Crippen molar-refractivity contribution in [2.75, 3.05) is 26.4 Å². The molecule has 0 aromatic heterocycles. The summed E-state index contributed by atoms with van der Waals surface area (Å²) in [5, 5.41) is 0. The van der Waals surface area contributed by atoms with Crippen molar-refractivity contribution < 1.29 is 38.1 Å². The lowest BCUT2D eigenvalue weighted by molar-refractivity contribution is -0.172. The van der Waals surface area contributed by atoms with E-state index in [0.717, 1.165) is 56.9 Å². The molecule has 0 saturated heterocycles. The van der Waals surface area contributed by atoms with Crippen LogP contribution in [0.25, 0.3) is 0 Å². The van der Waals surface area contributed by atoms with Gasteiger partial charge in [-0.3, -0.25) is 19.2 Å². The van der Waals surface area contributed by atoms with Crippen molar-refractivity contribution in [3.63, 3.8) is 0 Å². The predicted octanol–water partition coefficient (Wildman–Crippen LogP) is 9.74. The molecule has 0 spiro atoms. The van der Waals surface area contributed by atoms with Crippen molar-refractivity contribution in [1.29, 1.82) is 0 Å². The Bertz CT molecular complexity index is 1090. The molecule has 0 saturated carbocycles. The van der Waals surface area contributed by atoms with Crippen molar-refractivity contribution in [3.05, 3.63) is 58.2 Å². The number of allylic oxidation sites excluding steroid dienone is 10. The molecule has 0 unspecified atom stereocenters. The zero-order valence-corrected chi connectivity index (χ0v) is 32.3. The molecule has 0 fully saturated rings. The molecule has 0 N–H and O–H groups in total. The van der Waals surface area contributed by atoms with Gasteiger partial charge < -0.3 is 18.9 Å². The fourth-order valence-corrected chi connectivity index (χ4v) is 5.49. The topological polar surface area (TPSA) is 105 Å². The van der Waals surface area contributed by atoms with Crippen LogP contribution in [0.2, 0.25) is 0 Å². The molecule has 0 aliphatic carbocycles. The molecular weight excluding hydrogens is 620 g/mol. The Morgan fingerprint density at radius 2 is 0.714 bits per heavy atom. The van der Waals surface area contributed by atoms with Crippen molar-refractivity contribution >= 4 is 23.9 Å². The van der Waals surface area contributed by atoms with Crippen LogP contribution in [0.3, 0.4) is 0 Å². The van der Waals surface area contributed by atoms with Crippen LogP contribution >= 0.6 is 0 Å². The van der Waals surface area contributed by atoms with Crippen LogP contribution < -0.4 is 0 Å². The molecule has 0 aliphatic rings. The van der Waals surface area contributed by atoms with Gasteiger partial charge in [0.05, 0.1) is 26.4 Å². The Balaban J connectivity index is 5.44. The maximum atomic E-state index is 13.1. The Hall–Kier alpha value is -3.42. The van der Waals surface area contributed by atoms with Gasteiger partial charge in [-0.1, -0.05) is 58.2 Å². The number of carbonyl (C=O) groups excluding carboxylic acids is 4. The van der Waals surface area contributed by atoms with Gasteiger partial charge in [-0.2, -0.15) is 0 Å². The zero-order chi connectivity index (χ0) is 37.2. The van der Waals surface area contributed by atoms with Gasteiger partial charge in [-0.15, -0.1) is 0 Å². The monoisotopic (exact) mass is 686 g/mol. The molecule has 49 heavy (non-hydrogen) atoms. The molecule has 278 valence electrons. The van der Waals surface area contributed by atoms with Crippen LogP contribution in [0, 0.1) is 17.8 Å². The van der Waals surface area contributed by atoms with Gasteiger partial charge in [0.15, 0.2) is 11.8 Å². The molecule has 0 rings (SSSR count). The number of hydrogen-bond acceptors (Lipinski definition) is 8. The first-order valence-electron chi connectivity index (χ1n) is 18.2. The van der Waals surface area contributed by atoms with Gasteiger partial charge in [-0.05, 0) is 133 Å². The molecule has 8 heteroatoms. The first-order chi connectivity index (χ1) is 23.3. The summed E-state index contributed by atoms with van der Waals surface area (Å²) in [6, 6.07) is 0. The summed E-state index contributed by atoms with van der Waals surface area (Å²) >= 11 is 0. The lowest BCUT2D eigenvalue weighted by Crippen LogP contribution is -2.44. The second-order valence-corrected chi connectivity index (χ2v) is 12.8. The minimum absolute atomic E-state index is 0.0291. The first kappa shape index (κ1) is 45.6. The van der Waals surface area contributed by atoms with E-state index in [9.17, 15) is 19.2 Å². The highest BCUT2D eigenvalue weighted by molar-refractivity contribution is 6.00. The summed E-state index contributed by atoms with van der Waals surface area (Å²) in [7, 11) is 0. The van der Waals surface area contributed by atoms with E-state index in [-0.39, 0.29) is 32.8 Å². The number of unbranched alkanes of at least 4 members (excludes halogenated alkanes) is 1. The summed E-state index contributed by atoms with van der Waals surface area (Å²) in [4.78, 5) is 52.3. The highest BCUT2D eigenvalue weighted by atomic mass is 16.6. The molecular formula is C41H66O8. The molecule has 0 aromatic rings. The lowest BCUT2D eigenvalue weighted by Gasteiger charge is -2.29. The van der Waals surface area contributed by atoms with Crippen LogP contribution in [-0.4, -0.2) is 50.3 Å². The highest BCUT2D eigenvalue weighted by Gasteiger charge is 2.48. The smallest absolute Gasteiger partial charge is 0.320 e. The molecule has 0 aromatic carbocycles. The van der Waals surface area contributed by atoms with Gasteiger partial charge in [0.25, 0.3) is 0 Å². The summed E-state index contributed by atoms with van der Waals surface area (Å²) in [5.74, 6) is -7.38. The van der Waals surface area contributed by atoms with Gasteiger partial charge in [0.1, 0.15) is 0 Å². The third-order valence-electron chi connectivity index (χ3n) is 8.20. The number of esters is 4. The molecule has 8 nitrogen and oxygen atoms in total. The average molecular weight is 687 g/mol. The summed E-state index contributed by atoms with van der Waals surface area (Å²) in [6.45, 7) is 19.5. The normalized spacial score (nSPS) is 12.8. The fraction of sp³-hybridized carbons (Fsp3) is 0.659. The van der Waals surface area contributed by atoms with Crippen molar-refractivity contribution in [1.82, 2.24) is 0 Å². The molecule has 0 atom stereocenters. The molecule has 0 heterocycles. The van der Waals surface area contributed by atoms with Crippen LogP contribution in [0.4, 0.5) is 0 Å². The van der Waals surface area contributed by atoms with E-state index in [1.165, 1.54) is 22.3 Å². The summed E-state index contributed by atoms with van der Waals surface area (Å²) in [6.07, 6.45) is 20.2. The maximum absolute atomic E-state index is 13.1. The fourth-order valence-electron chi connectivity index (χ4n) is 5.49. The maximum Gasteiger partial charge on any atom is 0.320 e. The minimum Gasteiger partial charge on any atom is -0.465 e. The van der Waals surface area contributed by atoms with E-state index in [0.29, 0.717) is 6.42 Å². The second kappa shape index (κ2) is 27.4. The lowest BCUT2D eigenvalue weighted by atomic mass is 9.77. The summed E-state index contributed by atoms with van der Waals surface area (Å²) in [5.41, 5.74) is 6.61. The highest BCUT2D eigenvalue weighted by Crippen LogP contribution is 2.32. The Morgan fingerprint density at radius 3 is 1.02 bits per heavy atom. The number of rotatable bonds is 25. The average Bonchev–Trinajstić information content (AvgIpc) is 3.02. The minimum atomic E-state index is -1.48. The summed E-state index contributed by atoms with van der Waals surface area (Å²) < 4.78 is 20.8. The molecule has 0 radical (unpaired) electrons. The van der Waals surface area contributed by atoms with Gasteiger partial charge in [0.2, 0.25) is 0 Å². The zero-order valence-electron chi connectivity index (χ0n) is 32.3. The van der Waals surface area contributed by atoms with E-state index < -0.39 is 41.6 Å². The van der Waals surface area contributed by atoms with E-state index in [4.69, 9.17) is 18.9 Å².